The van der Waals surface area contributed by atoms with Crippen molar-refractivity contribution in [2.45, 2.75) is 5.91 Å². The number of fused-ring (bicyclic) bond motifs is 7. The molecular formula is C57H40N4. The molecule has 10 aromatic carbocycles. The van der Waals surface area contributed by atoms with E-state index in [2.05, 4.69) is 262 Å². The highest BCUT2D eigenvalue weighted by Crippen LogP contribution is 2.67. The molecule has 1 spiro atoms. The van der Waals surface area contributed by atoms with E-state index in [4.69, 9.17) is 0 Å². The molecule has 2 aliphatic heterocycles. The third-order valence-corrected chi connectivity index (χ3v) is 12.3. The normalized spacial score (nSPS) is 13.9. The first-order chi connectivity index (χ1) is 30.3. The summed E-state index contributed by atoms with van der Waals surface area (Å²) < 4.78 is 0. The van der Waals surface area contributed by atoms with E-state index in [1.54, 1.807) is 0 Å². The summed E-state index contributed by atoms with van der Waals surface area (Å²) in [5.74, 6) is -1.10. The molecule has 0 unspecified atom stereocenters. The Morgan fingerprint density at radius 2 is 0.508 bits per heavy atom. The Balaban J connectivity index is 1.32. The molecule has 2 heterocycles. The topological polar surface area (TPSA) is 13.0 Å². The van der Waals surface area contributed by atoms with Gasteiger partial charge in [-0.2, -0.15) is 0 Å². The highest BCUT2D eigenvalue weighted by atomic mass is 15.8. The number of para-hydroxylation sites is 4. The average molecular weight is 781 g/mol. The van der Waals surface area contributed by atoms with Crippen LogP contribution in [0.15, 0.2) is 243 Å². The van der Waals surface area contributed by atoms with Crippen LogP contribution in [-0.4, -0.2) is 5.91 Å². The van der Waals surface area contributed by atoms with Crippen molar-refractivity contribution < 1.29 is 0 Å². The van der Waals surface area contributed by atoms with Gasteiger partial charge in [0.25, 0.3) is 5.91 Å². The van der Waals surface area contributed by atoms with Gasteiger partial charge in [-0.15, -0.1) is 0 Å². The molecule has 288 valence electrons. The summed E-state index contributed by atoms with van der Waals surface area (Å²) >= 11 is 0. The smallest absolute Gasteiger partial charge is 0.280 e. The Kier molecular flexibility index (Phi) is 8.04. The van der Waals surface area contributed by atoms with E-state index in [0.717, 1.165) is 56.6 Å². The van der Waals surface area contributed by atoms with E-state index in [-0.39, 0.29) is 0 Å². The van der Waals surface area contributed by atoms with Gasteiger partial charge in [-0.3, -0.25) is 19.6 Å². The predicted molar refractivity (Wildman–Crippen MR) is 256 cm³/mol. The number of rotatable bonds is 6. The standard InChI is InChI=1S/C57H40N4/c1-7-23-41(24-8-1)51-39-53-54(40-52(51)42-25-9-2-10-26-42)59(44-29-13-4-14-30-44)57(58(53)43-27-11-3-12-28-43)60(45-31-15-5-16-32-45)55-49-37-21-19-35-47(49)48-36-20-22-38-50(48)56(55)61(57)46-33-17-6-18-34-46/h1-40H. The van der Waals surface area contributed by atoms with Gasteiger partial charge in [-0.25, -0.2) is 0 Å². The molecule has 0 bridgehead atoms. The molecule has 0 aliphatic carbocycles. The summed E-state index contributed by atoms with van der Waals surface area (Å²) in [6.07, 6.45) is 0. The molecule has 0 aromatic heterocycles. The summed E-state index contributed by atoms with van der Waals surface area (Å²) in [6.45, 7) is 0. The predicted octanol–water partition coefficient (Wildman–Crippen LogP) is 15.2. The monoisotopic (exact) mass is 780 g/mol. The van der Waals surface area contributed by atoms with Crippen LogP contribution in [0.4, 0.5) is 45.5 Å². The molecule has 0 radical (unpaired) electrons. The fourth-order valence-electron chi connectivity index (χ4n) is 9.97. The second kappa shape index (κ2) is 14.0. The minimum absolute atomic E-state index is 1.07. The summed E-state index contributed by atoms with van der Waals surface area (Å²) in [7, 11) is 0. The van der Waals surface area contributed by atoms with Gasteiger partial charge in [0.15, 0.2) is 0 Å². The molecule has 0 atom stereocenters. The minimum Gasteiger partial charge on any atom is -0.280 e. The quantitative estimate of drug-likeness (QED) is 0.156. The van der Waals surface area contributed by atoms with Crippen LogP contribution in [0.2, 0.25) is 0 Å². The number of anilines is 8. The van der Waals surface area contributed by atoms with Gasteiger partial charge in [0.1, 0.15) is 0 Å². The van der Waals surface area contributed by atoms with E-state index < -0.39 is 5.91 Å². The lowest BCUT2D eigenvalue weighted by Crippen LogP contribution is -2.70. The van der Waals surface area contributed by atoms with Crippen LogP contribution in [0.1, 0.15) is 0 Å². The van der Waals surface area contributed by atoms with Crippen LogP contribution in [0.3, 0.4) is 0 Å². The molecule has 0 N–H and O–H groups in total. The molecular weight excluding hydrogens is 741 g/mol. The molecule has 0 saturated heterocycles. The fraction of sp³-hybridized carbons (Fsp3) is 0.0175. The maximum absolute atomic E-state index is 2.62. The van der Waals surface area contributed by atoms with Crippen LogP contribution < -0.4 is 19.6 Å². The lowest BCUT2D eigenvalue weighted by atomic mass is 9.93. The van der Waals surface area contributed by atoms with Crippen molar-refractivity contribution in [3.8, 4) is 22.3 Å². The molecule has 0 saturated carbocycles. The highest BCUT2D eigenvalue weighted by molar-refractivity contribution is 6.25. The van der Waals surface area contributed by atoms with Gasteiger partial charge in [-0.05, 0) is 93.7 Å². The fourth-order valence-corrected chi connectivity index (χ4v) is 9.97. The highest BCUT2D eigenvalue weighted by Gasteiger charge is 2.65. The molecule has 0 fully saturated rings. The van der Waals surface area contributed by atoms with Crippen molar-refractivity contribution in [1.29, 1.82) is 0 Å². The minimum atomic E-state index is -1.10. The van der Waals surface area contributed by atoms with Crippen molar-refractivity contribution in [1.82, 2.24) is 0 Å². The Morgan fingerprint density at radius 3 is 0.836 bits per heavy atom. The van der Waals surface area contributed by atoms with Gasteiger partial charge in [0.2, 0.25) is 0 Å². The van der Waals surface area contributed by atoms with E-state index in [1.807, 2.05) is 0 Å². The third-order valence-electron chi connectivity index (χ3n) is 12.3. The summed E-state index contributed by atoms with van der Waals surface area (Å²) in [6, 6.07) is 88.4. The molecule has 4 heteroatoms. The SMILES string of the molecule is c1ccc(-c2cc3c(cc2-c2ccccc2)N(c2ccccc2)C2(N3c3ccccc3)N(c3ccccc3)c3c(c4ccccc4c4ccccc34)N2c2ccccc2)cc1. The van der Waals surface area contributed by atoms with E-state index >= 15 is 0 Å². The van der Waals surface area contributed by atoms with Gasteiger partial charge in [0.05, 0.1) is 22.7 Å². The van der Waals surface area contributed by atoms with Crippen molar-refractivity contribution in [2.24, 2.45) is 0 Å². The number of benzene rings is 10. The molecule has 61 heavy (non-hydrogen) atoms. The molecule has 0 amide bonds. The van der Waals surface area contributed by atoms with Crippen molar-refractivity contribution >= 4 is 67.0 Å². The molecule has 10 aromatic rings. The average Bonchev–Trinajstić information content (AvgIpc) is 3.81. The van der Waals surface area contributed by atoms with Crippen LogP contribution in [0.25, 0.3) is 43.8 Å². The summed E-state index contributed by atoms with van der Waals surface area (Å²) in [4.78, 5) is 10.4. The lowest BCUT2D eigenvalue weighted by molar-refractivity contribution is 0.480. The van der Waals surface area contributed by atoms with Crippen LogP contribution >= 0.6 is 0 Å². The van der Waals surface area contributed by atoms with Gasteiger partial charge in [0, 0.05) is 33.5 Å². The van der Waals surface area contributed by atoms with E-state index in [0.29, 0.717) is 0 Å². The van der Waals surface area contributed by atoms with Crippen molar-refractivity contribution in [2.75, 3.05) is 19.6 Å². The zero-order chi connectivity index (χ0) is 40.3. The van der Waals surface area contributed by atoms with Crippen LogP contribution in [-0.2, 0) is 0 Å². The second-order valence-electron chi connectivity index (χ2n) is 15.7. The summed E-state index contributed by atoms with van der Waals surface area (Å²) in [5.41, 5.74) is 13.4. The number of hydrogen-bond acceptors (Lipinski definition) is 4. The van der Waals surface area contributed by atoms with Crippen molar-refractivity contribution in [3.05, 3.63) is 243 Å². The number of hydrogen-bond donors (Lipinski definition) is 0. The maximum atomic E-state index is 2.62. The molecule has 12 rings (SSSR count). The first-order valence-corrected chi connectivity index (χ1v) is 21.0. The zero-order valence-corrected chi connectivity index (χ0v) is 33.4. The largest absolute Gasteiger partial charge is 0.295 e. The Bertz CT molecular complexity index is 2980. The third kappa shape index (κ3) is 5.19. The van der Waals surface area contributed by atoms with Crippen molar-refractivity contribution in [3.63, 3.8) is 0 Å². The Labute approximate surface area is 356 Å². The van der Waals surface area contributed by atoms with Gasteiger partial charge >= 0.3 is 0 Å². The first kappa shape index (κ1) is 34.9. The van der Waals surface area contributed by atoms with Crippen LogP contribution in [0.5, 0.6) is 0 Å². The van der Waals surface area contributed by atoms with E-state index in [9.17, 15) is 0 Å². The van der Waals surface area contributed by atoms with Gasteiger partial charge in [-0.1, -0.05) is 182 Å². The Hall–Kier alpha value is -8.08. The first-order valence-electron chi connectivity index (χ1n) is 21.0. The second-order valence-corrected chi connectivity index (χ2v) is 15.7. The van der Waals surface area contributed by atoms with E-state index in [1.165, 1.54) is 32.7 Å². The molecule has 4 nitrogen and oxygen atoms in total. The lowest BCUT2D eigenvalue weighted by Gasteiger charge is -2.53. The molecule has 2 aliphatic rings. The van der Waals surface area contributed by atoms with Gasteiger partial charge < -0.3 is 0 Å². The van der Waals surface area contributed by atoms with Crippen LogP contribution in [0, 0.1) is 0 Å². The maximum Gasteiger partial charge on any atom is 0.295 e. The zero-order valence-electron chi connectivity index (χ0n) is 33.4. The summed E-state index contributed by atoms with van der Waals surface area (Å²) in [5, 5.41) is 4.80. The Morgan fingerprint density at radius 1 is 0.246 bits per heavy atom. The number of nitrogens with zero attached hydrogens (tertiary/aromatic N) is 4.